The van der Waals surface area contributed by atoms with Crippen LogP contribution in [0.15, 0.2) is 22.7 Å². The molecule has 4 nitrogen and oxygen atoms in total. The molecule has 19 heavy (non-hydrogen) atoms. The molecule has 2 aliphatic rings. The standard InChI is InChI=1S/C14H14BrN3O/c15-9-3-4-10-11(7-9)12(19)5-6-18-14(10)13(16-17-18)8-1-2-8/h3-4,7-8,12,19H,1-2,5-6H2. The zero-order chi connectivity index (χ0) is 13.0. The average molecular weight is 320 g/mol. The average Bonchev–Trinajstić information content (AvgIpc) is 3.18. The summed E-state index contributed by atoms with van der Waals surface area (Å²) in [7, 11) is 0. The van der Waals surface area contributed by atoms with Gasteiger partial charge in [-0.15, -0.1) is 5.10 Å². The Labute approximate surface area is 119 Å². The maximum atomic E-state index is 10.3. The minimum atomic E-state index is -0.429. The Kier molecular flexibility index (Phi) is 2.53. The Hall–Kier alpha value is -1.20. The number of fused-ring (bicyclic) bond motifs is 3. The van der Waals surface area contributed by atoms with E-state index in [9.17, 15) is 5.11 Å². The van der Waals surface area contributed by atoms with Gasteiger partial charge in [0.2, 0.25) is 0 Å². The van der Waals surface area contributed by atoms with Gasteiger partial charge in [0.15, 0.2) is 0 Å². The molecular formula is C14H14BrN3O. The molecule has 98 valence electrons. The first-order valence-corrected chi connectivity index (χ1v) is 7.44. The van der Waals surface area contributed by atoms with Crippen LogP contribution in [0.25, 0.3) is 11.3 Å². The molecule has 0 amide bonds. The summed E-state index contributed by atoms with van der Waals surface area (Å²) in [6, 6.07) is 6.10. The van der Waals surface area contributed by atoms with Gasteiger partial charge in [0.25, 0.3) is 0 Å². The second-order valence-electron chi connectivity index (χ2n) is 5.36. The maximum absolute atomic E-state index is 10.3. The molecule has 1 aromatic heterocycles. The van der Waals surface area contributed by atoms with Crippen LogP contribution >= 0.6 is 15.9 Å². The SMILES string of the molecule is OC1CCn2nnc(C3CC3)c2-c2ccc(Br)cc21. The highest BCUT2D eigenvalue weighted by Crippen LogP contribution is 2.45. The number of rotatable bonds is 1. The van der Waals surface area contributed by atoms with Crippen molar-refractivity contribution < 1.29 is 5.11 Å². The highest BCUT2D eigenvalue weighted by atomic mass is 79.9. The second kappa shape index (κ2) is 4.15. The number of aryl methyl sites for hydroxylation is 1. The van der Waals surface area contributed by atoms with E-state index in [-0.39, 0.29) is 0 Å². The van der Waals surface area contributed by atoms with Gasteiger partial charge in [0.1, 0.15) is 0 Å². The van der Waals surface area contributed by atoms with Crippen molar-refractivity contribution in [1.82, 2.24) is 15.0 Å². The predicted octanol–water partition coefficient (Wildman–Crippen LogP) is 3.02. The van der Waals surface area contributed by atoms with Gasteiger partial charge in [-0.2, -0.15) is 0 Å². The Morgan fingerprint density at radius 3 is 2.89 bits per heavy atom. The molecule has 1 N–H and O–H groups in total. The number of aliphatic hydroxyl groups is 1. The van der Waals surface area contributed by atoms with E-state index in [1.807, 2.05) is 16.8 Å². The lowest BCUT2D eigenvalue weighted by Crippen LogP contribution is -2.02. The maximum Gasteiger partial charge on any atom is 0.0937 e. The van der Waals surface area contributed by atoms with E-state index in [1.165, 1.54) is 12.8 Å². The fraction of sp³-hybridized carbons (Fsp3) is 0.429. The monoisotopic (exact) mass is 319 g/mol. The molecule has 2 aromatic rings. The van der Waals surface area contributed by atoms with E-state index >= 15 is 0 Å². The van der Waals surface area contributed by atoms with Crippen LogP contribution in [0.2, 0.25) is 0 Å². The highest BCUT2D eigenvalue weighted by Gasteiger charge is 2.33. The summed E-state index contributed by atoms with van der Waals surface area (Å²) in [5, 5.41) is 19.0. The van der Waals surface area contributed by atoms with Gasteiger partial charge < -0.3 is 5.11 Å². The summed E-state index contributed by atoms with van der Waals surface area (Å²) < 4.78 is 2.95. The van der Waals surface area contributed by atoms with Crippen molar-refractivity contribution in [3.8, 4) is 11.3 Å². The van der Waals surface area contributed by atoms with Crippen LogP contribution in [-0.4, -0.2) is 20.1 Å². The zero-order valence-electron chi connectivity index (χ0n) is 10.4. The second-order valence-corrected chi connectivity index (χ2v) is 6.27. The third kappa shape index (κ3) is 1.83. The van der Waals surface area contributed by atoms with Crippen LogP contribution in [0, 0.1) is 0 Å². The molecule has 0 radical (unpaired) electrons. The number of halogens is 1. The first-order valence-electron chi connectivity index (χ1n) is 6.65. The van der Waals surface area contributed by atoms with Crippen LogP contribution in [0.3, 0.4) is 0 Å². The highest BCUT2D eigenvalue weighted by molar-refractivity contribution is 9.10. The molecule has 1 unspecified atom stereocenters. The molecule has 1 atom stereocenters. The Morgan fingerprint density at radius 1 is 1.26 bits per heavy atom. The van der Waals surface area contributed by atoms with Crippen LogP contribution < -0.4 is 0 Å². The number of aliphatic hydroxyl groups excluding tert-OH is 1. The molecule has 1 fully saturated rings. The normalized spacial score (nSPS) is 21.7. The minimum absolute atomic E-state index is 0.429. The molecule has 0 spiro atoms. The lowest BCUT2D eigenvalue weighted by Gasteiger charge is -2.12. The third-order valence-electron chi connectivity index (χ3n) is 3.97. The molecule has 2 heterocycles. The summed E-state index contributed by atoms with van der Waals surface area (Å²) >= 11 is 3.48. The van der Waals surface area contributed by atoms with Gasteiger partial charge in [0.05, 0.1) is 17.5 Å². The molecule has 5 heteroatoms. The third-order valence-corrected chi connectivity index (χ3v) is 4.46. The van der Waals surface area contributed by atoms with E-state index in [0.29, 0.717) is 12.3 Å². The molecule has 1 saturated carbocycles. The molecular weight excluding hydrogens is 306 g/mol. The van der Waals surface area contributed by atoms with Gasteiger partial charge in [-0.1, -0.05) is 27.2 Å². The number of aromatic nitrogens is 3. The van der Waals surface area contributed by atoms with Crippen molar-refractivity contribution in [2.75, 3.05) is 0 Å². The number of hydrogen-bond donors (Lipinski definition) is 1. The van der Waals surface area contributed by atoms with Gasteiger partial charge in [-0.25, -0.2) is 4.68 Å². The van der Waals surface area contributed by atoms with E-state index in [1.54, 1.807) is 0 Å². The minimum Gasteiger partial charge on any atom is -0.388 e. The molecule has 4 rings (SSSR count). The fourth-order valence-electron chi connectivity index (χ4n) is 2.82. The molecule has 1 aromatic carbocycles. The molecule has 1 aliphatic carbocycles. The largest absolute Gasteiger partial charge is 0.388 e. The Morgan fingerprint density at radius 2 is 2.11 bits per heavy atom. The summed E-state index contributed by atoms with van der Waals surface area (Å²) in [5.74, 6) is 0.565. The first kappa shape index (κ1) is 11.6. The van der Waals surface area contributed by atoms with Gasteiger partial charge in [-0.05, 0) is 37.0 Å². The smallest absolute Gasteiger partial charge is 0.0937 e. The lowest BCUT2D eigenvalue weighted by atomic mass is 9.98. The number of nitrogens with zero attached hydrogens (tertiary/aromatic N) is 3. The first-order chi connectivity index (χ1) is 9.24. The topological polar surface area (TPSA) is 50.9 Å². The van der Waals surface area contributed by atoms with E-state index < -0.39 is 6.10 Å². The van der Waals surface area contributed by atoms with Crippen LogP contribution in [0.4, 0.5) is 0 Å². The van der Waals surface area contributed by atoms with Crippen LogP contribution in [0.1, 0.15) is 42.5 Å². The van der Waals surface area contributed by atoms with Crippen molar-refractivity contribution in [2.45, 2.75) is 37.8 Å². The van der Waals surface area contributed by atoms with E-state index in [0.717, 1.165) is 33.5 Å². The Balaban J connectivity index is 1.97. The molecule has 0 bridgehead atoms. The van der Waals surface area contributed by atoms with Crippen LogP contribution in [-0.2, 0) is 6.54 Å². The van der Waals surface area contributed by atoms with Crippen molar-refractivity contribution in [2.24, 2.45) is 0 Å². The number of benzene rings is 1. The summed E-state index contributed by atoms with van der Waals surface area (Å²) in [6.07, 6.45) is 2.67. The van der Waals surface area contributed by atoms with E-state index in [4.69, 9.17) is 0 Å². The zero-order valence-corrected chi connectivity index (χ0v) is 12.0. The predicted molar refractivity (Wildman–Crippen MR) is 74.7 cm³/mol. The molecule has 0 saturated heterocycles. The summed E-state index contributed by atoms with van der Waals surface area (Å²) in [6.45, 7) is 0.725. The van der Waals surface area contributed by atoms with Crippen molar-refractivity contribution in [3.05, 3.63) is 33.9 Å². The van der Waals surface area contributed by atoms with Crippen molar-refractivity contribution in [3.63, 3.8) is 0 Å². The summed E-state index contributed by atoms with van der Waals surface area (Å²) in [5.41, 5.74) is 4.29. The quantitative estimate of drug-likeness (QED) is 0.879. The molecule has 1 aliphatic heterocycles. The van der Waals surface area contributed by atoms with Crippen molar-refractivity contribution >= 4 is 15.9 Å². The summed E-state index contributed by atoms with van der Waals surface area (Å²) in [4.78, 5) is 0. The van der Waals surface area contributed by atoms with Gasteiger partial charge >= 0.3 is 0 Å². The number of hydrogen-bond acceptors (Lipinski definition) is 3. The van der Waals surface area contributed by atoms with E-state index in [2.05, 4.69) is 32.3 Å². The van der Waals surface area contributed by atoms with Crippen LogP contribution in [0.5, 0.6) is 0 Å². The fourth-order valence-corrected chi connectivity index (χ4v) is 3.20. The Bertz CT molecular complexity index is 648. The van der Waals surface area contributed by atoms with Crippen molar-refractivity contribution in [1.29, 1.82) is 0 Å². The lowest BCUT2D eigenvalue weighted by molar-refractivity contribution is 0.162. The van der Waals surface area contributed by atoms with Gasteiger partial charge in [0, 0.05) is 22.5 Å². The van der Waals surface area contributed by atoms with Gasteiger partial charge in [-0.3, -0.25) is 0 Å².